The van der Waals surface area contributed by atoms with E-state index in [1.807, 2.05) is 6.07 Å². The van der Waals surface area contributed by atoms with Gasteiger partial charge in [0.1, 0.15) is 11.4 Å². The summed E-state index contributed by atoms with van der Waals surface area (Å²) < 4.78 is 13.1. The molecule has 1 atom stereocenters. The average molecular weight is 323 g/mol. The quantitative estimate of drug-likeness (QED) is 0.883. The molecule has 3 amide bonds. The number of imide groups is 1. The van der Waals surface area contributed by atoms with E-state index in [1.54, 1.807) is 31.2 Å². The number of nitrogens with one attached hydrogen (secondary N) is 1. The van der Waals surface area contributed by atoms with Crippen molar-refractivity contribution in [2.24, 2.45) is 0 Å². The molecule has 120 valence electrons. The first-order valence-corrected chi connectivity index (χ1v) is 7.33. The molecule has 1 aliphatic rings. The van der Waals surface area contributed by atoms with Crippen LogP contribution in [0.4, 0.5) is 9.18 Å². The molecule has 1 N–H and O–H groups in total. The van der Waals surface area contributed by atoms with E-state index in [4.69, 9.17) is 5.26 Å². The molecular weight excluding hydrogens is 309 g/mol. The second-order valence-corrected chi connectivity index (χ2v) is 5.76. The van der Waals surface area contributed by atoms with Crippen molar-refractivity contribution in [1.82, 2.24) is 10.2 Å². The third-order valence-electron chi connectivity index (χ3n) is 4.12. The molecule has 24 heavy (non-hydrogen) atoms. The number of nitrogens with zero attached hydrogens (tertiary/aromatic N) is 2. The van der Waals surface area contributed by atoms with Gasteiger partial charge in [0.2, 0.25) is 0 Å². The number of carbonyl (C=O) groups excluding carboxylic acids is 2. The van der Waals surface area contributed by atoms with Crippen molar-refractivity contribution in [3.63, 3.8) is 0 Å². The van der Waals surface area contributed by atoms with Crippen molar-refractivity contribution in [3.8, 4) is 6.07 Å². The van der Waals surface area contributed by atoms with Crippen LogP contribution >= 0.6 is 0 Å². The molecule has 0 spiro atoms. The summed E-state index contributed by atoms with van der Waals surface area (Å²) >= 11 is 0. The topological polar surface area (TPSA) is 73.2 Å². The van der Waals surface area contributed by atoms with Crippen LogP contribution < -0.4 is 5.32 Å². The van der Waals surface area contributed by atoms with Crippen LogP contribution in [0.1, 0.15) is 23.6 Å². The fraction of sp³-hybridized carbons (Fsp3) is 0.167. The largest absolute Gasteiger partial charge is 0.325 e. The predicted molar refractivity (Wildman–Crippen MR) is 84.0 cm³/mol. The Bertz CT molecular complexity index is 840. The summed E-state index contributed by atoms with van der Waals surface area (Å²) in [5.74, 6) is -0.808. The molecule has 1 fully saturated rings. The lowest BCUT2D eigenvalue weighted by molar-refractivity contribution is -0.131. The normalized spacial score (nSPS) is 20.0. The summed E-state index contributed by atoms with van der Waals surface area (Å²) in [5.41, 5.74) is 0.537. The van der Waals surface area contributed by atoms with Crippen LogP contribution in [0.5, 0.6) is 0 Å². The van der Waals surface area contributed by atoms with Gasteiger partial charge in [0, 0.05) is 0 Å². The molecule has 3 rings (SSSR count). The van der Waals surface area contributed by atoms with Gasteiger partial charge in [-0.25, -0.2) is 9.18 Å². The summed E-state index contributed by atoms with van der Waals surface area (Å²) in [5, 5.41) is 11.5. The molecule has 2 aromatic carbocycles. The van der Waals surface area contributed by atoms with E-state index in [2.05, 4.69) is 5.32 Å². The lowest BCUT2D eigenvalue weighted by Gasteiger charge is -2.22. The lowest BCUT2D eigenvalue weighted by atomic mass is 9.92. The number of benzene rings is 2. The maximum absolute atomic E-state index is 13.1. The van der Waals surface area contributed by atoms with Gasteiger partial charge in [0.05, 0.1) is 18.2 Å². The predicted octanol–water partition coefficient (Wildman–Crippen LogP) is 2.66. The minimum absolute atomic E-state index is 0.104. The zero-order valence-corrected chi connectivity index (χ0v) is 12.9. The van der Waals surface area contributed by atoms with Crippen LogP contribution in [-0.4, -0.2) is 16.8 Å². The number of hydrogen-bond donors (Lipinski definition) is 1. The van der Waals surface area contributed by atoms with Gasteiger partial charge in [-0.2, -0.15) is 5.26 Å². The van der Waals surface area contributed by atoms with E-state index in [0.717, 1.165) is 10.5 Å². The smallest absolute Gasteiger partial charge is 0.319 e. The van der Waals surface area contributed by atoms with Crippen molar-refractivity contribution in [2.75, 3.05) is 0 Å². The average Bonchev–Trinajstić information content (AvgIpc) is 2.80. The van der Waals surface area contributed by atoms with Crippen LogP contribution in [0.15, 0.2) is 48.5 Å². The van der Waals surface area contributed by atoms with E-state index in [0.29, 0.717) is 11.1 Å². The van der Waals surface area contributed by atoms with Gasteiger partial charge < -0.3 is 5.32 Å². The van der Waals surface area contributed by atoms with Gasteiger partial charge >= 0.3 is 6.03 Å². The highest BCUT2D eigenvalue weighted by Gasteiger charge is 2.48. The first-order valence-electron chi connectivity index (χ1n) is 7.33. The Morgan fingerprint density at radius 2 is 1.75 bits per heavy atom. The van der Waals surface area contributed by atoms with Crippen molar-refractivity contribution in [3.05, 3.63) is 71.0 Å². The van der Waals surface area contributed by atoms with Crippen LogP contribution in [0.3, 0.4) is 0 Å². The summed E-state index contributed by atoms with van der Waals surface area (Å²) in [6.45, 7) is 1.70. The van der Waals surface area contributed by atoms with Crippen molar-refractivity contribution >= 4 is 11.9 Å². The van der Waals surface area contributed by atoms with Gasteiger partial charge in [-0.1, -0.05) is 24.3 Å². The molecule has 1 heterocycles. The molecule has 0 aromatic heterocycles. The second kappa shape index (κ2) is 5.78. The van der Waals surface area contributed by atoms with E-state index in [-0.39, 0.29) is 6.54 Å². The molecule has 0 unspecified atom stereocenters. The third kappa shape index (κ3) is 2.61. The molecule has 0 aliphatic carbocycles. The SMILES string of the molecule is C[C@@]1(c2ccc(F)cc2)NC(=O)N(Cc2ccc(C#N)cc2)C1=O. The number of halogens is 1. The number of carbonyl (C=O) groups is 2. The number of hydrogen-bond acceptors (Lipinski definition) is 3. The van der Waals surface area contributed by atoms with Crippen LogP contribution in [0.2, 0.25) is 0 Å². The Kier molecular flexibility index (Phi) is 3.78. The highest BCUT2D eigenvalue weighted by atomic mass is 19.1. The number of rotatable bonds is 3. The Morgan fingerprint density at radius 1 is 1.12 bits per heavy atom. The number of nitriles is 1. The summed E-state index contributed by atoms with van der Waals surface area (Å²) in [4.78, 5) is 26.1. The summed E-state index contributed by atoms with van der Waals surface area (Å²) in [6, 6.07) is 13.7. The molecular formula is C18H14FN3O2. The molecule has 2 aromatic rings. The fourth-order valence-electron chi connectivity index (χ4n) is 2.69. The minimum Gasteiger partial charge on any atom is -0.319 e. The number of urea groups is 1. The maximum Gasteiger partial charge on any atom is 0.325 e. The van der Waals surface area contributed by atoms with Crippen LogP contribution in [0, 0.1) is 17.1 Å². The zero-order chi connectivity index (χ0) is 17.3. The Hall–Kier alpha value is -3.20. The van der Waals surface area contributed by atoms with Gasteiger partial charge in [-0.15, -0.1) is 0 Å². The molecule has 6 heteroatoms. The second-order valence-electron chi connectivity index (χ2n) is 5.76. The monoisotopic (exact) mass is 323 g/mol. The van der Waals surface area contributed by atoms with Crippen molar-refractivity contribution in [1.29, 1.82) is 5.26 Å². The van der Waals surface area contributed by atoms with Crippen LogP contribution in [0.25, 0.3) is 0 Å². The molecule has 0 saturated carbocycles. The van der Waals surface area contributed by atoms with Crippen molar-refractivity contribution < 1.29 is 14.0 Å². The molecule has 0 radical (unpaired) electrons. The number of amides is 3. The lowest BCUT2D eigenvalue weighted by Crippen LogP contribution is -2.40. The molecule has 1 saturated heterocycles. The summed E-state index contributed by atoms with van der Waals surface area (Å²) in [7, 11) is 0. The summed E-state index contributed by atoms with van der Waals surface area (Å²) in [6.07, 6.45) is 0. The third-order valence-corrected chi connectivity index (χ3v) is 4.12. The molecule has 5 nitrogen and oxygen atoms in total. The van der Waals surface area contributed by atoms with Crippen LogP contribution in [-0.2, 0) is 16.9 Å². The first kappa shape index (κ1) is 15.7. The standard InChI is InChI=1S/C18H14FN3O2/c1-18(14-6-8-15(19)9-7-14)16(23)22(17(24)21-18)11-13-4-2-12(10-20)3-5-13/h2-9H,11H2,1H3,(H,21,24)/t18-/m0/s1. The highest BCUT2D eigenvalue weighted by molar-refractivity contribution is 6.07. The maximum atomic E-state index is 13.1. The van der Waals surface area contributed by atoms with E-state index in [1.165, 1.54) is 24.3 Å². The van der Waals surface area contributed by atoms with Gasteiger partial charge in [0.25, 0.3) is 5.91 Å². The van der Waals surface area contributed by atoms with Gasteiger partial charge in [-0.3, -0.25) is 9.69 Å². The first-order chi connectivity index (χ1) is 11.4. The molecule has 0 bridgehead atoms. The Labute approximate surface area is 138 Å². The van der Waals surface area contributed by atoms with E-state index < -0.39 is 23.3 Å². The van der Waals surface area contributed by atoms with Crippen molar-refractivity contribution in [2.45, 2.75) is 19.0 Å². The zero-order valence-electron chi connectivity index (χ0n) is 12.9. The van der Waals surface area contributed by atoms with E-state index in [9.17, 15) is 14.0 Å². The van der Waals surface area contributed by atoms with Gasteiger partial charge in [0.15, 0.2) is 0 Å². The minimum atomic E-state index is -1.22. The Balaban J connectivity index is 1.85. The fourth-order valence-corrected chi connectivity index (χ4v) is 2.69. The Morgan fingerprint density at radius 3 is 2.33 bits per heavy atom. The van der Waals surface area contributed by atoms with E-state index >= 15 is 0 Å². The molecule has 1 aliphatic heterocycles. The van der Waals surface area contributed by atoms with Gasteiger partial charge in [-0.05, 0) is 42.3 Å². The highest BCUT2D eigenvalue weighted by Crippen LogP contribution is 2.29.